The number of pyridine rings is 2. The van der Waals surface area contributed by atoms with Crippen LogP contribution in [0, 0.1) is 0 Å². The zero-order chi connectivity index (χ0) is 17.1. The highest BCUT2D eigenvalue weighted by Crippen LogP contribution is 2.23. The van der Waals surface area contributed by atoms with Gasteiger partial charge >= 0.3 is 0 Å². The van der Waals surface area contributed by atoms with Gasteiger partial charge in [-0.1, -0.05) is 6.07 Å². The second kappa shape index (κ2) is 6.62. The summed E-state index contributed by atoms with van der Waals surface area (Å²) >= 11 is 0. The van der Waals surface area contributed by atoms with E-state index in [0.29, 0.717) is 17.9 Å². The molecule has 3 rings (SSSR count). The highest BCUT2D eigenvalue weighted by Gasteiger charge is 2.10. The van der Waals surface area contributed by atoms with Crippen LogP contribution >= 0.6 is 0 Å². The van der Waals surface area contributed by atoms with E-state index in [2.05, 4.69) is 15.1 Å². The molecule has 0 saturated heterocycles. The Morgan fingerprint density at radius 1 is 1.21 bits per heavy atom. The zero-order valence-corrected chi connectivity index (χ0v) is 13.9. The van der Waals surface area contributed by atoms with Crippen molar-refractivity contribution in [3.8, 4) is 17.0 Å². The van der Waals surface area contributed by atoms with Gasteiger partial charge in [0.1, 0.15) is 11.4 Å². The molecular formula is C18H18N4O2. The molecule has 0 unspecified atom stereocenters. The molecule has 0 atom stereocenters. The Kier molecular flexibility index (Phi) is 4.37. The number of hydrogen-bond acceptors (Lipinski definition) is 5. The van der Waals surface area contributed by atoms with Gasteiger partial charge in [-0.05, 0) is 17.7 Å². The van der Waals surface area contributed by atoms with Crippen molar-refractivity contribution in [2.24, 2.45) is 7.05 Å². The maximum Gasteiger partial charge on any atom is 0.178 e. The summed E-state index contributed by atoms with van der Waals surface area (Å²) in [7, 11) is 3.47. The van der Waals surface area contributed by atoms with Crippen LogP contribution in [0.15, 0.2) is 43.0 Å². The van der Waals surface area contributed by atoms with Gasteiger partial charge in [-0.3, -0.25) is 14.5 Å². The number of aryl methyl sites for hydroxylation is 1. The Labute approximate surface area is 140 Å². The number of methoxy groups -OCH3 is 1. The topological polar surface area (TPSA) is 69.9 Å². The van der Waals surface area contributed by atoms with E-state index in [0.717, 1.165) is 22.4 Å². The Bertz CT molecular complexity index is 869. The Morgan fingerprint density at radius 3 is 2.62 bits per heavy atom. The van der Waals surface area contributed by atoms with Gasteiger partial charge < -0.3 is 4.74 Å². The van der Waals surface area contributed by atoms with Gasteiger partial charge in [0, 0.05) is 43.9 Å². The lowest BCUT2D eigenvalue weighted by Crippen LogP contribution is -2.02. The molecule has 0 bridgehead atoms. The molecule has 0 radical (unpaired) electrons. The van der Waals surface area contributed by atoms with Crippen LogP contribution in [0.25, 0.3) is 11.3 Å². The van der Waals surface area contributed by atoms with Crippen molar-refractivity contribution in [2.75, 3.05) is 7.11 Å². The number of aromatic nitrogens is 4. The van der Waals surface area contributed by atoms with Gasteiger partial charge in [-0.15, -0.1) is 0 Å². The summed E-state index contributed by atoms with van der Waals surface area (Å²) in [4.78, 5) is 20.1. The normalized spacial score (nSPS) is 10.6. The first-order valence-electron chi connectivity index (χ1n) is 7.54. The minimum atomic E-state index is -0.0658. The third kappa shape index (κ3) is 3.32. The smallest absolute Gasteiger partial charge is 0.178 e. The van der Waals surface area contributed by atoms with Crippen LogP contribution in [0.2, 0.25) is 0 Å². The number of rotatable bonds is 5. The van der Waals surface area contributed by atoms with E-state index in [1.807, 2.05) is 31.6 Å². The predicted octanol–water partition coefficient (Wildman–Crippen LogP) is 2.68. The van der Waals surface area contributed by atoms with Crippen molar-refractivity contribution in [1.29, 1.82) is 0 Å². The van der Waals surface area contributed by atoms with Gasteiger partial charge in [0.25, 0.3) is 0 Å². The fourth-order valence-electron chi connectivity index (χ4n) is 2.47. The first-order valence-corrected chi connectivity index (χ1v) is 7.54. The molecule has 0 aliphatic rings. The Morgan fingerprint density at radius 2 is 2.04 bits per heavy atom. The molecule has 24 heavy (non-hydrogen) atoms. The SMILES string of the molecule is COc1cnc(C(C)=O)cc1Cc1ccc(-c2cnn(C)c2)nc1. The van der Waals surface area contributed by atoms with Crippen molar-refractivity contribution in [1.82, 2.24) is 19.7 Å². The van der Waals surface area contributed by atoms with E-state index in [9.17, 15) is 4.79 Å². The maximum absolute atomic E-state index is 11.5. The summed E-state index contributed by atoms with van der Waals surface area (Å²) < 4.78 is 7.09. The van der Waals surface area contributed by atoms with Gasteiger partial charge in [-0.2, -0.15) is 5.10 Å². The molecule has 0 fully saturated rings. The van der Waals surface area contributed by atoms with Crippen LogP contribution in [0.3, 0.4) is 0 Å². The Hall–Kier alpha value is -3.02. The summed E-state index contributed by atoms with van der Waals surface area (Å²) in [6, 6.07) is 5.75. The van der Waals surface area contributed by atoms with E-state index < -0.39 is 0 Å². The second-order valence-electron chi connectivity index (χ2n) is 5.57. The highest BCUT2D eigenvalue weighted by molar-refractivity contribution is 5.92. The molecular weight excluding hydrogens is 304 g/mol. The summed E-state index contributed by atoms with van der Waals surface area (Å²) in [5.74, 6) is 0.597. The van der Waals surface area contributed by atoms with Crippen molar-refractivity contribution in [3.05, 3.63) is 59.8 Å². The molecule has 0 aliphatic carbocycles. The van der Waals surface area contributed by atoms with Crippen LogP contribution in [-0.4, -0.2) is 32.6 Å². The molecule has 0 N–H and O–H groups in total. The van der Waals surface area contributed by atoms with E-state index >= 15 is 0 Å². The van der Waals surface area contributed by atoms with Gasteiger partial charge in [0.05, 0.1) is 25.2 Å². The third-order valence-corrected chi connectivity index (χ3v) is 3.75. The monoisotopic (exact) mass is 322 g/mol. The lowest BCUT2D eigenvalue weighted by atomic mass is 10.0. The predicted molar refractivity (Wildman–Crippen MR) is 90.0 cm³/mol. The minimum Gasteiger partial charge on any atom is -0.495 e. The molecule has 122 valence electrons. The fraction of sp³-hybridized carbons (Fsp3) is 0.222. The molecule has 3 aromatic rings. The summed E-state index contributed by atoms with van der Waals surface area (Å²) in [5, 5.41) is 4.15. The van der Waals surface area contributed by atoms with Crippen LogP contribution in [0.5, 0.6) is 5.75 Å². The molecule has 3 heterocycles. The molecule has 0 aliphatic heterocycles. The van der Waals surface area contributed by atoms with Gasteiger partial charge in [-0.25, -0.2) is 4.98 Å². The third-order valence-electron chi connectivity index (χ3n) is 3.75. The number of ether oxygens (including phenoxy) is 1. The van der Waals surface area contributed by atoms with Crippen LogP contribution in [0.4, 0.5) is 0 Å². The molecule has 0 saturated carbocycles. The maximum atomic E-state index is 11.5. The molecule has 3 aromatic heterocycles. The van der Waals surface area contributed by atoms with Gasteiger partial charge in [0.15, 0.2) is 5.78 Å². The highest BCUT2D eigenvalue weighted by atomic mass is 16.5. The van der Waals surface area contributed by atoms with Crippen molar-refractivity contribution in [3.63, 3.8) is 0 Å². The summed E-state index contributed by atoms with van der Waals surface area (Å²) in [6.45, 7) is 1.50. The number of ketones is 1. The molecule has 0 aromatic carbocycles. The summed E-state index contributed by atoms with van der Waals surface area (Å²) in [5.41, 5.74) is 4.23. The summed E-state index contributed by atoms with van der Waals surface area (Å²) in [6.07, 6.45) is 7.74. The van der Waals surface area contributed by atoms with Crippen molar-refractivity contribution < 1.29 is 9.53 Å². The van der Waals surface area contributed by atoms with Crippen molar-refractivity contribution in [2.45, 2.75) is 13.3 Å². The molecule has 0 spiro atoms. The Balaban J connectivity index is 1.86. The quantitative estimate of drug-likeness (QED) is 0.675. The number of carbonyl (C=O) groups excluding carboxylic acids is 1. The largest absolute Gasteiger partial charge is 0.495 e. The van der Waals surface area contributed by atoms with Crippen molar-refractivity contribution >= 4 is 5.78 Å². The van der Waals surface area contributed by atoms with Gasteiger partial charge in [0.2, 0.25) is 0 Å². The second-order valence-corrected chi connectivity index (χ2v) is 5.57. The van der Waals surface area contributed by atoms with E-state index in [4.69, 9.17) is 4.74 Å². The fourth-order valence-corrected chi connectivity index (χ4v) is 2.47. The van der Waals surface area contributed by atoms with Crippen LogP contribution < -0.4 is 4.74 Å². The van der Waals surface area contributed by atoms with E-state index in [1.165, 1.54) is 6.92 Å². The number of carbonyl (C=O) groups is 1. The van der Waals surface area contributed by atoms with Crippen LogP contribution in [-0.2, 0) is 13.5 Å². The molecule has 0 amide bonds. The number of nitrogens with zero attached hydrogens (tertiary/aromatic N) is 4. The first kappa shape index (κ1) is 15.9. The minimum absolute atomic E-state index is 0.0658. The van der Waals surface area contributed by atoms with E-state index in [1.54, 1.807) is 30.3 Å². The molecule has 6 nitrogen and oxygen atoms in total. The molecule has 6 heteroatoms. The average molecular weight is 322 g/mol. The number of Topliss-reactive ketones (excluding diaryl/α,β-unsaturated/α-hetero) is 1. The van der Waals surface area contributed by atoms with E-state index in [-0.39, 0.29) is 5.78 Å². The lowest BCUT2D eigenvalue weighted by molar-refractivity contribution is 0.101. The average Bonchev–Trinajstić information content (AvgIpc) is 3.02. The number of hydrogen-bond donors (Lipinski definition) is 0. The van der Waals surface area contributed by atoms with Crippen LogP contribution in [0.1, 0.15) is 28.5 Å². The standard InChI is InChI=1S/C18H18N4O2/c1-12(23)17-7-14(18(24-3)10-20-17)6-13-4-5-16(19-8-13)15-9-21-22(2)11-15/h4-5,7-11H,6H2,1-3H3. The first-order chi connectivity index (χ1) is 11.6. The zero-order valence-electron chi connectivity index (χ0n) is 13.9. The lowest BCUT2D eigenvalue weighted by Gasteiger charge is -2.09.